The highest BCUT2D eigenvalue weighted by molar-refractivity contribution is 5.94. The second-order valence-corrected chi connectivity index (χ2v) is 7.90. The van der Waals surface area contributed by atoms with Gasteiger partial charge in [-0.05, 0) is 49.4 Å². The number of methoxy groups -OCH3 is 1. The summed E-state index contributed by atoms with van der Waals surface area (Å²) in [5.74, 6) is 1.73. The average Bonchev–Trinajstić information content (AvgIpc) is 2.73. The van der Waals surface area contributed by atoms with Crippen molar-refractivity contribution in [2.24, 2.45) is 5.92 Å². The van der Waals surface area contributed by atoms with Crippen molar-refractivity contribution in [3.05, 3.63) is 29.8 Å². The summed E-state index contributed by atoms with van der Waals surface area (Å²) >= 11 is 0. The van der Waals surface area contributed by atoms with Gasteiger partial charge in [0.25, 0.3) is 5.91 Å². The van der Waals surface area contributed by atoms with Crippen LogP contribution in [0.25, 0.3) is 0 Å². The molecule has 2 amide bonds. The van der Waals surface area contributed by atoms with Crippen molar-refractivity contribution in [1.29, 1.82) is 0 Å². The summed E-state index contributed by atoms with van der Waals surface area (Å²) in [5, 5.41) is 3.10. The number of hydrogen-bond acceptors (Lipinski definition) is 3. The highest BCUT2D eigenvalue weighted by Gasteiger charge is 2.25. The number of likely N-dealkylation sites (tertiary alicyclic amines) is 1. The van der Waals surface area contributed by atoms with E-state index in [0.717, 1.165) is 44.0 Å². The molecule has 1 heterocycles. The first-order chi connectivity index (χ1) is 13.2. The fraction of sp³-hybridized carbons (Fsp3) is 0.636. The quantitative estimate of drug-likeness (QED) is 0.827. The lowest BCUT2D eigenvalue weighted by Gasteiger charge is -2.33. The van der Waals surface area contributed by atoms with Gasteiger partial charge in [-0.25, -0.2) is 0 Å². The van der Waals surface area contributed by atoms with Gasteiger partial charge in [0, 0.05) is 31.1 Å². The zero-order valence-electron chi connectivity index (χ0n) is 16.4. The number of ether oxygens (including phenoxy) is 1. The maximum atomic E-state index is 12.5. The normalized spacial score (nSPS) is 18.9. The summed E-state index contributed by atoms with van der Waals surface area (Å²) in [6.07, 6.45) is 10.0. The summed E-state index contributed by atoms with van der Waals surface area (Å²) in [7, 11) is 1.61. The third kappa shape index (κ3) is 5.72. The summed E-state index contributed by atoms with van der Waals surface area (Å²) in [6, 6.07) is 7.28. The maximum absolute atomic E-state index is 12.5. The van der Waals surface area contributed by atoms with Gasteiger partial charge in [-0.2, -0.15) is 0 Å². The Kier molecular flexibility index (Phi) is 7.13. The van der Waals surface area contributed by atoms with E-state index in [0.29, 0.717) is 17.9 Å². The Morgan fingerprint density at radius 1 is 1.04 bits per heavy atom. The smallest absolute Gasteiger partial charge is 0.251 e. The van der Waals surface area contributed by atoms with Crippen molar-refractivity contribution in [3.63, 3.8) is 0 Å². The number of amides is 2. The Morgan fingerprint density at radius 3 is 2.33 bits per heavy atom. The summed E-state index contributed by atoms with van der Waals surface area (Å²) < 4.78 is 5.12. The molecular weight excluding hydrogens is 340 g/mol. The van der Waals surface area contributed by atoms with Crippen LogP contribution in [-0.4, -0.2) is 43.0 Å². The molecule has 27 heavy (non-hydrogen) atoms. The minimum atomic E-state index is -0.0558. The van der Waals surface area contributed by atoms with Gasteiger partial charge in [0.05, 0.1) is 7.11 Å². The Labute approximate surface area is 162 Å². The monoisotopic (exact) mass is 372 g/mol. The molecule has 148 valence electrons. The van der Waals surface area contributed by atoms with Gasteiger partial charge < -0.3 is 15.0 Å². The largest absolute Gasteiger partial charge is 0.497 e. The number of nitrogens with zero attached hydrogens (tertiary/aromatic N) is 1. The summed E-state index contributed by atoms with van der Waals surface area (Å²) in [4.78, 5) is 26.8. The minimum absolute atomic E-state index is 0.0558. The van der Waals surface area contributed by atoms with Crippen molar-refractivity contribution in [3.8, 4) is 5.75 Å². The summed E-state index contributed by atoms with van der Waals surface area (Å²) in [6.45, 7) is 1.49. The maximum Gasteiger partial charge on any atom is 0.251 e. The number of carbonyl (C=O) groups excluding carboxylic acids is 2. The van der Waals surface area contributed by atoms with Gasteiger partial charge in [0.1, 0.15) is 5.75 Å². The number of carbonyl (C=O) groups is 2. The van der Waals surface area contributed by atoms with E-state index in [1.165, 1.54) is 32.1 Å². The molecule has 1 saturated carbocycles. The van der Waals surface area contributed by atoms with Crippen LogP contribution in [0.5, 0.6) is 5.75 Å². The van der Waals surface area contributed by atoms with Gasteiger partial charge in [-0.1, -0.05) is 32.1 Å². The number of rotatable bonds is 6. The van der Waals surface area contributed by atoms with Crippen molar-refractivity contribution >= 4 is 11.8 Å². The van der Waals surface area contributed by atoms with Gasteiger partial charge in [0.2, 0.25) is 5.91 Å². The van der Waals surface area contributed by atoms with E-state index < -0.39 is 0 Å². The van der Waals surface area contributed by atoms with Gasteiger partial charge in [-0.3, -0.25) is 9.59 Å². The molecular formula is C22H32N2O3. The van der Waals surface area contributed by atoms with E-state index >= 15 is 0 Å². The van der Waals surface area contributed by atoms with Crippen molar-refractivity contribution in [2.45, 2.75) is 63.8 Å². The lowest BCUT2D eigenvalue weighted by atomic mass is 9.86. The standard InChI is InChI=1S/C22H32N2O3/c1-27-20-10-8-18(9-11-20)22(26)23-19-13-15-24(16-14-19)21(25)12-7-17-5-3-2-4-6-17/h8-11,17,19H,2-7,12-16H2,1H3,(H,23,26). The lowest BCUT2D eigenvalue weighted by molar-refractivity contribution is -0.132. The fourth-order valence-corrected chi connectivity index (χ4v) is 4.25. The van der Waals surface area contributed by atoms with Crippen molar-refractivity contribution in [1.82, 2.24) is 10.2 Å². The Morgan fingerprint density at radius 2 is 1.70 bits per heavy atom. The van der Waals surface area contributed by atoms with Crippen molar-refractivity contribution < 1.29 is 14.3 Å². The number of nitrogens with one attached hydrogen (secondary N) is 1. The molecule has 0 atom stereocenters. The van der Waals surface area contributed by atoms with Crippen LogP contribution < -0.4 is 10.1 Å². The topological polar surface area (TPSA) is 58.6 Å². The van der Waals surface area contributed by atoms with Crippen LogP contribution in [0, 0.1) is 5.92 Å². The fourth-order valence-electron chi connectivity index (χ4n) is 4.25. The molecule has 2 fully saturated rings. The zero-order chi connectivity index (χ0) is 19.1. The van der Waals surface area contributed by atoms with Crippen LogP contribution in [0.15, 0.2) is 24.3 Å². The van der Waals surface area contributed by atoms with Crippen LogP contribution in [-0.2, 0) is 4.79 Å². The molecule has 0 unspecified atom stereocenters. The average molecular weight is 373 g/mol. The number of benzene rings is 1. The highest BCUT2D eigenvalue weighted by atomic mass is 16.5. The van der Waals surface area contributed by atoms with Crippen LogP contribution in [0.4, 0.5) is 0 Å². The molecule has 0 aromatic heterocycles. The molecule has 0 spiro atoms. The molecule has 1 saturated heterocycles. The van der Waals surface area contributed by atoms with Gasteiger partial charge >= 0.3 is 0 Å². The lowest BCUT2D eigenvalue weighted by Crippen LogP contribution is -2.46. The van der Waals surface area contributed by atoms with Crippen LogP contribution in [0.3, 0.4) is 0 Å². The van der Waals surface area contributed by atoms with E-state index in [4.69, 9.17) is 4.74 Å². The Bertz CT molecular complexity index is 615. The molecule has 0 radical (unpaired) electrons. The first-order valence-corrected chi connectivity index (χ1v) is 10.4. The molecule has 5 nitrogen and oxygen atoms in total. The second kappa shape index (κ2) is 9.77. The molecule has 5 heteroatoms. The zero-order valence-corrected chi connectivity index (χ0v) is 16.4. The van der Waals surface area contributed by atoms with E-state index in [1.807, 2.05) is 4.90 Å². The van der Waals surface area contributed by atoms with E-state index in [2.05, 4.69) is 5.32 Å². The first kappa shape index (κ1) is 19.7. The van der Waals surface area contributed by atoms with Crippen LogP contribution in [0.1, 0.15) is 68.1 Å². The van der Waals surface area contributed by atoms with E-state index in [9.17, 15) is 9.59 Å². The van der Waals surface area contributed by atoms with Crippen molar-refractivity contribution in [2.75, 3.05) is 20.2 Å². The molecule has 2 aliphatic rings. The molecule has 3 rings (SSSR count). The van der Waals surface area contributed by atoms with E-state index in [-0.39, 0.29) is 11.9 Å². The molecule has 1 aromatic rings. The molecule has 0 bridgehead atoms. The SMILES string of the molecule is COc1ccc(C(=O)NC2CCN(C(=O)CCC3CCCCC3)CC2)cc1. The third-order valence-electron chi connectivity index (χ3n) is 6.03. The van der Waals surface area contributed by atoms with Crippen LogP contribution >= 0.6 is 0 Å². The highest BCUT2D eigenvalue weighted by Crippen LogP contribution is 2.27. The molecule has 1 N–H and O–H groups in total. The predicted molar refractivity (Wildman–Crippen MR) is 106 cm³/mol. The Balaban J connectivity index is 1.38. The number of piperidine rings is 1. The first-order valence-electron chi connectivity index (χ1n) is 10.4. The Hall–Kier alpha value is -2.04. The predicted octanol–water partition coefficient (Wildman–Crippen LogP) is 3.78. The molecule has 1 aliphatic heterocycles. The number of hydrogen-bond donors (Lipinski definition) is 1. The minimum Gasteiger partial charge on any atom is -0.497 e. The third-order valence-corrected chi connectivity index (χ3v) is 6.03. The summed E-state index contributed by atoms with van der Waals surface area (Å²) in [5.41, 5.74) is 0.641. The molecule has 1 aromatic carbocycles. The molecule has 1 aliphatic carbocycles. The van der Waals surface area contributed by atoms with Gasteiger partial charge in [-0.15, -0.1) is 0 Å². The second-order valence-electron chi connectivity index (χ2n) is 7.90. The van der Waals surface area contributed by atoms with Crippen LogP contribution in [0.2, 0.25) is 0 Å². The van der Waals surface area contributed by atoms with E-state index in [1.54, 1.807) is 31.4 Å². The van der Waals surface area contributed by atoms with Gasteiger partial charge in [0.15, 0.2) is 0 Å².